The molecule has 4 nitrogen and oxygen atoms in total. The molecule has 2 rings (SSSR count). The molecule has 132 valence electrons. The number of benzene rings is 2. The van der Waals surface area contributed by atoms with Crippen LogP contribution in [0.1, 0.15) is 37.3 Å². The van der Waals surface area contributed by atoms with E-state index in [-0.39, 0.29) is 11.6 Å². The number of carbonyl (C=O) groups is 1. The predicted molar refractivity (Wildman–Crippen MR) is 97.8 cm³/mol. The Labute approximate surface area is 151 Å². The normalized spacial score (nSPS) is 12.2. The Balaban J connectivity index is 1.81. The number of halogens is 2. The van der Waals surface area contributed by atoms with E-state index in [0.29, 0.717) is 17.2 Å². The van der Waals surface area contributed by atoms with Crippen LogP contribution in [0.5, 0.6) is 5.75 Å². The molecule has 2 aromatic carbocycles. The molecule has 0 aliphatic rings. The summed E-state index contributed by atoms with van der Waals surface area (Å²) in [5.74, 6) is 0.275. The predicted octanol–water partition coefficient (Wildman–Crippen LogP) is 4.52. The van der Waals surface area contributed by atoms with E-state index in [2.05, 4.69) is 24.4 Å². The largest absolute Gasteiger partial charge is 0.484 e. The third kappa shape index (κ3) is 5.87. The lowest BCUT2D eigenvalue weighted by atomic mass is 9.99. The van der Waals surface area contributed by atoms with Gasteiger partial charge in [0.1, 0.15) is 11.6 Å². The van der Waals surface area contributed by atoms with Gasteiger partial charge in [0.05, 0.1) is 11.2 Å². The SMILES string of the molecule is CCC(C)c1ccc(OCC(=O)NN=Cc2ccc(F)cc2Cl)cc1. The van der Waals surface area contributed by atoms with Crippen LogP contribution in [0.25, 0.3) is 0 Å². The van der Waals surface area contributed by atoms with E-state index in [1.54, 1.807) is 0 Å². The van der Waals surface area contributed by atoms with Gasteiger partial charge in [-0.2, -0.15) is 5.10 Å². The second-order valence-corrected chi connectivity index (χ2v) is 6.03. The van der Waals surface area contributed by atoms with E-state index in [1.807, 2.05) is 24.3 Å². The molecule has 0 aliphatic heterocycles. The highest BCUT2D eigenvalue weighted by atomic mass is 35.5. The van der Waals surface area contributed by atoms with Gasteiger partial charge in [-0.1, -0.05) is 37.6 Å². The Morgan fingerprint density at radius 1 is 1.32 bits per heavy atom. The first kappa shape index (κ1) is 18.9. The molecular formula is C19H20ClFN2O2. The van der Waals surface area contributed by atoms with E-state index in [4.69, 9.17) is 16.3 Å². The average molecular weight is 363 g/mol. The molecule has 0 heterocycles. The lowest BCUT2D eigenvalue weighted by Crippen LogP contribution is -2.24. The average Bonchev–Trinajstić information content (AvgIpc) is 2.61. The lowest BCUT2D eigenvalue weighted by molar-refractivity contribution is -0.123. The van der Waals surface area contributed by atoms with Gasteiger partial charge in [0.25, 0.3) is 5.91 Å². The molecule has 1 N–H and O–H groups in total. The summed E-state index contributed by atoms with van der Waals surface area (Å²) in [6, 6.07) is 11.6. The lowest BCUT2D eigenvalue weighted by Gasteiger charge is -2.10. The van der Waals surface area contributed by atoms with Gasteiger partial charge in [-0.3, -0.25) is 4.79 Å². The van der Waals surface area contributed by atoms with E-state index in [9.17, 15) is 9.18 Å². The third-order valence-electron chi connectivity index (χ3n) is 3.79. The first-order valence-corrected chi connectivity index (χ1v) is 8.37. The highest BCUT2D eigenvalue weighted by Crippen LogP contribution is 2.21. The summed E-state index contributed by atoms with van der Waals surface area (Å²) in [6.07, 6.45) is 2.42. The molecule has 0 radical (unpaired) electrons. The van der Waals surface area contributed by atoms with Gasteiger partial charge in [0, 0.05) is 5.56 Å². The highest BCUT2D eigenvalue weighted by Gasteiger charge is 2.05. The van der Waals surface area contributed by atoms with Gasteiger partial charge in [0.15, 0.2) is 6.61 Å². The molecule has 1 unspecified atom stereocenters. The van der Waals surface area contributed by atoms with Crippen molar-refractivity contribution in [2.45, 2.75) is 26.2 Å². The minimum atomic E-state index is -0.432. The smallest absolute Gasteiger partial charge is 0.277 e. The summed E-state index contributed by atoms with van der Waals surface area (Å²) in [6.45, 7) is 4.14. The van der Waals surface area contributed by atoms with Crippen molar-refractivity contribution in [3.8, 4) is 5.75 Å². The maximum atomic E-state index is 12.9. The molecule has 0 aromatic heterocycles. The van der Waals surface area contributed by atoms with Crippen molar-refractivity contribution in [3.63, 3.8) is 0 Å². The Bertz CT molecular complexity index is 748. The molecule has 1 amide bonds. The molecule has 1 atom stereocenters. The standard InChI is InChI=1S/C19H20ClFN2O2/c1-3-13(2)14-5-8-17(9-6-14)25-12-19(24)23-22-11-15-4-7-16(21)10-18(15)20/h4-11,13H,3,12H2,1-2H3,(H,23,24). The minimum absolute atomic E-state index is 0.156. The van der Waals surface area contributed by atoms with E-state index >= 15 is 0 Å². The summed E-state index contributed by atoms with van der Waals surface area (Å²) >= 11 is 5.86. The van der Waals surface area contributed by atoms with Crippen LogP contribution in [-0.4, -0.2) is 18.7 Å². The first-order chi connectivity index (χ1) is 12.0. The van der Waals surface area contributed by atoms with Gasteiger partial charge >= 0.3 is 0 Å². The van der Waals surface area contributed by atoms with Gasteiger partial charge < -0.3 is 4.74 Å². The number of hydrazone groups is 1. The topological polar surface area (TPSA) is 50.7 Å². The Kier molecular flexibility index (Phi) is 6.95. The summed E-state index contributed by atoms with van der Waals surface area (Å²) in [5.41, 5.74) is 4.08. The number of hydrogen-bond acceptors (Lipinski definition) is 3. The van der Waals surface area contributed by atoms with Gasteiger partial charge in [-0.15, -0.1) is 0 Å². The van der Waals surface area contributed by atoms with E-state index in [1.165, 1.54) is 30.0 Å². The number of hydrogen-bond donors (Lipinski definition) is 1. The number of ether oxygens (including phenoxy) is 1. The van der Waals surface area contributed by atoms with Crippen molar-refractivity contribution in [2.75, 3.05) is 6.61 Å². The van der Waals surface area contributed by atoms with E-state index in [0.717, 1.165) is 6.42 Å². The number of rotatable bonds is 7. The summed E-state index contributed by atoms with van der Waals surface area (Å²) < 4.78 is 18.4. The Morgan fingerprint density at radius 2 is 2.04 bits per heavy atom. The highest BCUT2D eigenvalue weighted by molar-refractivity contribution is 6.33. The van der Waals surface area contributed by atoms with Crippen LogP contribution >= 0.6 is 11.6 Å². The fraction of sp³-hybridized carbons (Fsp3) is 0.263. The van der Waals surface area contributed by atoms with Crippen molar-refractivity contribution in [1.82, 2.24) is 5.43 Å². The van der Waals surface area contributed by atoms with Crippen LogP contribution in [0, 0.1) is 5.82 Å². The van der Waals surface area contributed by atoms with Crippen LogP contribution in [0.3, 0.4) is 0 Å². The number of amides is 1. The molecule has 0 aliphatic carbocycles. The zero-order chi connectivity index (χ0) is 18.2. The van der Waals surface area contributed by atoms with Crippen molar-refractivity contribution in [3.05, 3.63) is 64.4 Å². The molecule has 0 saturated heterocycles. The Morgan fingerprint density at radius 3 is 2.68 bits per heavy atom. The zero-order valence-electron chi connectivity index (χ0n) is 14.1. The van der Waals surface area contributed by atoms with Crippen molar-refractivity contribution in [1.29, 1.82) is 0 Å². The monoisotopic (exact) mass is 362 g/mol. The second-order valence-electron chi connectivity index (χ2n) is 5.63. The molecule has 0 spiro atoms. The fourth-order valence-electron chi connectivity index (χ4n) is 2.09. The summed E-state index contributed by atoms with van der Waals surface area (Å²) in [7, 11) is 0. The maximum absolute atomic E-state index is 12.9. The van der Waals surface area contributed by atoms with E-state index < -0.39 is 11.7 Å². The third-order valence-corrected chi connectivity index (χ3v) is 4.11. The van der Waals surface area contributed by atoms with Crippen LogP contribution in [0.4, 0.5) is 4.39 Å². The summed E-state index contributed by atoms with van der Waals surface area (Å²) in [4.78, 5) is 11.7. The molecule has 6 heteroatoms. The van der Waals surface area contributed by atoms with Crippen LogP contribution in [-0.2, 0) is 4.79 Å². The van der Waals surface area contributed by atoms with Crippen molar-refractivity contribution < 1.29 is 13.9 Å². The van der Waals surface area contributed by atoms with Crippen LogP contribution < -0.4 is 10.2 Å². The summed E-state index contributed by atoms with van der Waals surface area (Å²) in [5, 5.41) is 4.00. The zero-order valence-corrected chi connectivity index (χ0v) is 14.9. The molecule has 0 fully saturated rings. The Hall–Kier alpha value is -2.40. The van der Waals surface area contributed by atoms with Gasteiger partial charge in [0.2, 0.25) is 0 Å². The molecular weight excluding hydrogens is 343 g/mol. The number of nitrogens with zero attached hydrogens (tertiary/aromatic N) is 1. The number of carbonyl (C=O) groups excluding carboxylic acids is 1. The van der Waals surface area contributed by atoms with Gasteiger partial charge in [-0.25, -0.2) is 9.82 Å². The molecule has 0 bridgehead atoms. The molecule has 2 aromatic rings. The van der Waals surface area contributed by atoms with Crippen molar-refractivity contribution >= 4 is 23.7 Å². The molecule has 25 heavy (non-hydrogen) atoms. The first-order valence-electron chi connectivity index (χ1n) is 7.99. The maximum Gasteiger partial charge on any atom is 0.277 e. The second kappa shape index (κ2) is 9.18. The van der Waals surface area contributed by atoms with Crippen molar-refractivity contribution in [2.24, 2.45) is 5.10 Å². The van der Waals surface area contributed by atoms with Crippen LogP contribution in [0.15, 0.2) is 47.6 Å². The number of nitrogens with one attached hydrogen (secondary N) is 1. The fourth-order valence-corrected chi connectivity index (χ4v) is 2.31. The van der Waals surface area contributed by atoms with Crippen LogP contribution in [0.2, 0.25) is 5.02 Å². The molecule has 0 saturated carbocycles. The van der Waals surface area contributed by atoms with Gasteiger partial charge in [-0.05, 0) is 48.2 Å². The quantitative estimate of drug-likeness (QED) is 0.581. The minimum Gasteiger partial charge on any atom is -0.484 e.